The standard InChI is InChI=1S/C37H40N4O6S.C37H38N4O6S/c2*1-25-9-8-14-32(35(25)48(46,47)41-31-12-6-3-7-13-31)39-37(45)40-34(28-17-15-27(16-18-28)26-10-4-2-5-11-26)29-19-21-30(22-20-29)36(44)38-24-23-33(42)43/h3,6-9,12-22,26,34,41H,2,4-5,10-11,23-24H2,1H3,(H,38,44)(H,42,43)(H2,39,40,45);3,6-10,12-22,34,41H,2,4-5,11,23-24H2,1H3,(H,38,44)(H,42,43)(H2,39,40,45). The van der Waals surface area contributed by atoms with Gasteiger partial charge in [0.05, 0.1) is 36.3 Å². The number of amides is 6. The number of nitrogens with one attached hydrogen (secondary N) is 8. The van der Waals surface area contributed by atoms with Gasteiger partial charge in [-0.05, 0) is 169 Å². The highest BCUT2D eigenvalue weighted by Crippen LogP contribution is 2.36. The largest absolute Gasteiger partial charge is 0.481 e. The summed E-state index contributed by atoms with van der Waals surface area (Å²) in [4.78, 5) is 73.9. The van der Waals surface area contributed by atoms with Crippen LogP contribution in [0.25, 0.3) is 5.57 Å². The highest BCUT2D eigenvalue weighted by atomic mass is 32.2. The van der Waals surface area contributed by atoms with Gasteiger partial charge in [-0.3, -0.25) is 28.6 Å². The number of carbonyl (C=O) groups excluding carboxylic acids is 4. The Labute approximate surface area is 559 Å². The van der Waals surface area contributed by atoms with Crippen molar-refractivity contribution in [3.63, 3.8) is 0 Å². The number of rotatable bonds is 24. The SMILES string of the molecule is Cc1cccc(NC(=O)NC(c2ccc(C(=O)NCCC(=O)O)cc2)c2ccc(C3=CCCCC3)cc2)c1S(=O)(=O)Nc1ccccc1.Cc1cccc(NC(=O)NC(c2ccc(C(=O)NCCC(=O)O)cc2)c2ccc(C3CCCCC3)cc2)c1S(=O)(=O)Nc1ccccc1. The summed E-state index contributed by atoms with van der Waals surface area (Å²) in [5, 5.41) is 34.4. The molecule has 20 nitrogen and oxygen atoms in total. The van der Waals surface area contributed by atoms with Gasteiger partial charge in [0.25, 0.3) is 31.9 Å². The first-order valence-corrected chi connectivity index (χ1v) is 34.8. The minimum atomic E-state index is -4.06. The molecule has 0 bridgehead atoms. The van der Waals surface area contributed by atoms with E-state index in [4.69, 9.17) is 10.2 Å². The second kappa shape index (κ2) is 33.0. The lowest BCUT2D eigenvalue weighted by Crippen LogP contribution is -2.34. The maximum Gasteiger partial charge on any atom is 0.320 e. The molecule has 6 amide bonds. The lowest BCUT2D eigenvalue weighted by atomic mass is 9.83. The molecule has 0 radical (unpaired) electrons. The Bertz CT molecular complexity index is 4300. The Hall–Kier alpha value is -10.6. The number of benzene rings is 8. The highest BCUT2D eigenvalue weighted by molar-refractivity contribution is 7.93. The number of carbonyl (C=O) groups is 6. The van der Waals surface area contributed by atoms with Crippen LogP contribution in [0.3, 0.4) is 0 Å². The quantitative estimate of drug-likeness (QED) is 0.0270. The summed E-state index contributed by atoms with van der Waals surface area (Å²) in [5.74, 6) is -2.32. The van der Waals surface area contributed by atoms with E-state index in [1.807, 2.05) is 36.4 Å². The molecule has 1 fully saturated rings. The van der Waals surface area contributed by atoms with Crippen molar-refractivity contribution < 1.29 is 55.8 Å². The van der Waals surface area contributed by atoms with Crippen molar-refractivity contribution >= 4 is 84.2 Å². The summed E-state index contributed by atoms with van der Waals surface area (Å²) >= 11 is 0. The van der Waals surface area contributed by atoms with Crippen LogP contribution in [0.1, 0.15) is 154 Å². The minimum Gasteiger partial charge on any atom is -0.481 e. The molecule has 8 aromatic rings. The van der Waals surface area contributed by atoms with Crippen molar-refractivity contribution in [2.45, 2.75) is 112 Å². The number of allylic oxidation sites excluding steroid dienone is 2. The average Bonchev–Trinajstić information content (AvgIpc) is 0.806. The Morgan fingerprint density at radius 2 is 0.865 bits per heavy atom. The van der Waals surface area contributed by atoms with Crippen molar-refractivity contribution in [3.05, 3.63) is 256 Å². The number of anilines is 4. The van der Waals surface area contributed by atoms with Gasteiger partial charge < -0.3 is 42.1 Å². The van der Waals surface area contributed by atoms with Crippen LogP contribution in [-0.2, 0) is 29.6 Å². The van der Waals surface area contributed by atoms with E-state index in [-0.39, 0.29) is 47.1 Å². The molecule has 1 saturated carbocycles. The molecule has 2 aliphatic carbocycles. The number of urea groups is 2. The lowest BCUT2D eigenvalue weighted by Gasteiger charge is -2.24. The second-order valence-electron chi connectivity index (χ2n) is 23.6. The van der Waals surface area contributed by atoms with Crippen LogP contribution in [-0.4, -0.2) is 76.0 Å². The Morgan fingerprint density at radius 3 is 1.26 bits per heavy atom. The van der Waals surface area contributed by atoms with Crippen molar-refractivity contribution in [3.8, 4) is 0 Å². The maximum absolute atomic E-state index is 13.6. The van der Waals surface area contributed by atoms with Crippen molar-refractivity contribution in [2.24, 2.45) is 0 Å². The number of carboxylic acids is 2. The fourth-order valence-corrected chi connectivity index (χ4v) is 14.6. The maximum atomic E-state index is 13.6. The summed E-state index contributed by atoms with van der Waals surface area (Å²) in [6.07, 6.45) is 12.3. The lowest BCUT2D eigenvalue weighted by molar-refractivity contribution is -0.137. The summed E-state index contributed by atoms with van der Waals surface area (Å²) < 4.78 is 59.1. The van der Waals surface area contributed by atoms with Gasteiger partial charge >= 0.3 is 24.0 Å². The fourth-order valence-electron chi connectivity index (χ4n) is 11.7. The number of sulfonamides is 2. The van der Waals surface area contributed by atoms with Gasteiger partial charge in [0, 0.05) is 35.6 Å². The minimum absolute atomic E-state index is 0.000585. The van der Waals surface area contributed by atoms with Crippen molar-refractivity contribution in [2.75, 3.05) is 33.2 Å². The van der Waals surface area contributed by atoms with E-state index >= 15 is 0 Å². The molecule has 8 aromatic carbocycles. The Kier molecular flexibility index (Phi) is 24.0. The Morgan fingerprint density at radius 1 is 0.458 bits per heavy atom. The van der Waals surface area contributed by atoms with E-state index in [2.05, 4.69) is 59.6 Å². The predicted octanol–water partition coefficient (Wildman–Crippen LogP) is 13.8. The average molecular weight is 1340 g/mol. The molecule has 10 rings (SSSR count). The normalized spacial score (nSPS) is 13.8. The molecular weight excluding hydrogens is 1260 g/mol. The molecule has 22 heteroatoms. The number of aliphatic carboxylic acids is 2. The van der Waals surface area contributed by atoms with E-state index in [1.165, 1.54) is 49.0 Å². The third-order valence-electron chi connectivity index (χ3n) is 16.6. The number of hydrogen-bond donors (Lipinski definition) is 10. The molecule has 10 N–H and O–H groups in total. The number of hydrogen-bond acceptors (Lipinski definition) is 10. The molecule has 0 aliphatic heterocycles. The zero-order valence-corrected chi connectivity index (χ0v) is 54.9. The molecular formula is C74H78N8O12S2. The zero-order chi connectivity index (χ0) is 68.2. The van der Waals surface area contributed by atoms with Crippen molar-refractivity contribution in [1.29, 1.82) is 0 Å². The smallest absolute Gasteiger partial charge is 0.320 e. The van der Waals surface area contributed by atoms with E-state index in [9.17, 15) is 45.6 Å². The summed E-state index contributed by atoms with van der Waals surface area (Å²) in [6, 6.07) is 53.8. The molecule has 0 saturated heterocycles. The Balaban J connectivity index is 0.000000225. The molecule has 2 aliphatic rings. The summed E-state index contributed by atoms with van der Waals surface area (Å²) in [6.45, 7) is 3.33. The van der Waals surface area contributed by atoms with Gasteiger partial charge in [-0.15, -0.1) is 0 Å². The monoisotopic (exact) mass is 1330 g/mol. The van der Waals surface area contributed by atoms with Crippen LogP contribution in [0.2, 0.25) is 0 Å². The first kappa shape index (κ1) is 69.8. The molecule has 0 aromatic heterocycles. The van der Waals surface area contributed by atoms with Crippen LogP contribution < -0.4 is 41.3 Å². The summed E-state index contributed by atoms with van der Waals surface area (Å²) in [7, 11) is -8.12. The van der Waals surface area contributed by atoms with Gasteiger partial charge in [-0.1, -0.05) is 159 Å². The van der Waals surface area contributed by atoms with Gasteiger partial charge in [0.1, 0.15) is 9.79 Å². The van der Waals surface area contributed by atoms with Crippen LogP contribution >= 0.6 is 0 Å². The molecule has 0 spiro atoms. The van der Waals surface area contributed by atoms with Crippen molar-refractivity contribution in [1.82, 2.24) is 21.3 Å². The van der Waals surface area contributed by atoms with Crippen LogP contribution in [0, 0.1) is 13.8 Å². The highest BCUT2D eigenvalue weighted by Gasteiger charge is 2.28. The van der Waals surface area contributed by atoms with Crippen LogP contribution in [0.5, 0.6) is 0 Å². The van der Waals surface area contributed by atoms with Gasteiger partial charge in [-0.2, -0.15) is 0 Å². The number of aryl methyl sites for hydroxylation is 2. The van der Waals surface area contributed by atoms with Gasteiger partial charge in [0.15, 0.2) is 0 Å². The third-order valence-corrected chi connectivity index (χ3v) is 19.7. The number of carboxylic acid groups (broad SMARTS) is 2. The van der Waals surface area contributed by atoms with Crippen LogP contribution in [0.4, 0.5) is 32.3 Å². The topological polar surface area (TPSA) is 307 Å². The summed E-state index contributed by atoms with van der Waals surface area (Å²) in [5.41, 5.74) is 9.27. The molecule has 498 valence electrons. The number of para-hydroxylation sites is 2. The molecule has 2 atom stereocenters. The second-order valence-corrected chi connectivity index (χ2v) is 26.8. The molecule has 96 heavy (non-hydrogen) atoms. The fraction of sp³-hybridized carbons (Fsp3) is 0.243. The first-order valence-electron chi connectivity index (χ1n) is 31.8. The van der Waals surface area contributed by atoms with Gasteiger partial charge in [0.2, 0.25) is 0 Å². The van der Waals surface area contributed by atoms with Crippen LogP contribution in [0.15, 0.2) is 210 Å². The third kappa shape index (κ3) is 19.3. The first-order chi connectivity index (χ1) is 46.2. The van der Waals surface area contributed by atoms with E-state index in [0.717, 1.165) is 48.8 Å². The molecule has 0 heterocycles. The molecule has 2 unspecified atom stereocenters. The predicted molar refractivity (Wildman–Crippen MR) is 372 cm³/mol. The zero-order valence-electron chi connectivity index (χ0n) is 53.3. The van der Waals surface area contributed by atoms with Gasteiger partial charge in [-0.25, -0.2) is 26.4 Å². The van der Waals surface area contributed by atoms with E-state index in [1.54, 1.807) is 147 Å². The van der Waals surface area contributed by atoms with E-state index in [0.29, 0.717) is 50.7 Å². The van der Waals surface area contributed by atoms with E-state index < -0.39 is 67.9 Å².